The van der Waals surface area contributed by atoms with Crippen LogP contribution in [-0.4, -0.2) is 11.0 Å². The maximum absolute atomic E-state index is 12.8. The fraction of sp³-hybridized carbons (Fsp3) is 1.00. The van der Waals surface area contributed by atoms with Crippen LogP contribution in [0.1, 0.15) is 19.3 Å². The molecule has 4 atom stereocenters. The van der Waals surface area contributed by atoms with Crippen LogP contribution >= 0.6 is 15.9 Å². The molecule has 2 saturated carbocycles. The summed E-state index contributed by atoms with van der Waals surface area (Å²) in [6, 6.07) is 0. The second-order valence-corrected chi connectivity index (χ2v) is 4.44. The van der Waals surface area contributed by atoms with Crippen molar-refractivity contribution in [1.29, 1.82) is 0 Å². The van der Waals surface area contributed by atoms with E-state index in [1.807, 2.05) is 0 Å². The molecule has 0 N–H and O–H groups in total. The van der Waals surface area contributed by atoms with Gasteiger partial charge in [0, 0.05) is 4.83 Å². The Morgan fingerprint density at radius 2 is 1.89 bits per heavy atom. The highest BCUT2D eigenvalue weighted by Crippen LogP contribution is 2.49. The minimum absolute atomic E-state index is 0.402. The van der Waals surface area contributed by atoms with E-state index in [-0.39, 0.29) is 0 Å². The number of rotatable bonds is 0. The van der Waals surface area contributed by atoms with Crippen LogP contribution in [0.3, 0.4) is 0 Å². The number of fused-ring (bicyclic) bond motifs is 2. The lowest BCUT2D eigenvalue weighted by Crippen LogP contribution is -2.17. The minimum Gasteiger partial charge on any atom is -0.247 e. The van der Waals surface area contributed by atoms with E-state index < -0.39 is 6.17 Å². The second kappa shape index (κ2) is 1.94. The summed E-state index contributed by atoms with van der Waals surface area (Å²) in [5, 5.41) is 0. The monoisotopic (exact) mass is 192 g/mol. The quantitative estimate of drug-likeness (QED) is 0.518. The van der Waals surface area contributed by atoms with Crippen molar-refractivity contribution in [3.8, 4) is 0 Å². The number of halogens is 2. The van der Waals surface area contributed by atoms with Gasteiger partial charge in [0.05, 0.1) is 0 Å². The predicted molar refractivity (Wildman–Crippen MR) is 38.4 cm³/mol. The maximum atomic E-state index is 12.8. The lowest BCUT2D eigenvalue weighted by atomic mass is 9.99. The molecule has 0 aromatic heterocycles. The van der Waals surface area contributed by atoms with E-state index in [2.05, 4.69) is 15.9 Å². The first kappa shape index (κ1) is 6.14. The van der Waals surface area contributed by atoms with Gasteiger partial charge in [0.1, 0.15) is 6.17 Å². The highest BCUT2D eigenvalue weighted by molar-refractivity contribution is 9.09. The van der Waals surface area contributed by atoms with Gasteiger partial charge in [-0.05, 0) is 31.1 Å². The fourth-order valence-corrected chi connectivity index (χ4v) is 3.05. The first-order valence-corrected chi connectivity index (χ1v) is 4.47. The van der Waals surface area contributed by atoms with Gasteiger partial charge in [0.25, 0.3) is 0 Å². The minimum atomic E-state index is -0.469. The van der Waals surface area contributed by atoms with E-state index in [4.69, 9.17) is 0 Å². The van der Waals surface area contributed by atoms with Crippen molar-refractivity contribution in [2.75, 3.05) is 0 Å². The van der Waals surface area contributed by atoms with Crippen LogP contribution in [-0.2, 0) is 0 Å². The van der Waals surface area contributed by atoms with E-state index in [1.165, 1.54) is 0 Å². The van der Waals surface area contributed by atoms with Gasteiger partial charge in [-0.1, -0.05) is 15.9 Å². The van der Waals surface area contributed by atoms with E-state index in [0.29, 0.717) is 16.7 Å². The molecule has 0 spiro atoms. The van der Waals surface area contributed by atoms with Gasteiger partial charge in [0.15, 0.2) is 0 Å². The molecule has 2 bridgehead atoms. The summed E-state index contributed by atoms with van der Waals surface area (Å²) in [4.78, 5) is 0.634. The summed E-state index contributed by atoms with van der Waals surface area (Å²) < 4.78 is 12.8. The second-order valence-electron chi connectivity index (χ2n) is 3.26. The van der Waals surface area contributed by atoms with Gasteiger partial charge in [-0.15, -0.1) is 0 Å². The SMILES string of the molecule is F[C@H]1C[C@H]2C[C@@H]1C[C@@H]2Br. The van der Waals surface area contributed by atoms with Crippen molar-refractivity contribution in [2.45, 2.75) is 30.3 Å². The highest BCUT2D eigenvalue weighted by Gasteiger charge is 2.44. The molecule has 0 radical (unpaired) electrons. The van der Waals surface area contributed by atoms with Gasteiger partial charge in [0.2, 0.25) is 0 Å². The third-order valence-electron chi connectivity index (χ3n) is 2.68. The van der Waals surface area contributed by atoms with E-state index in [0.717, 1.165) is 19.3 Å². The van der Waals surface area contributed by atoms with Crippen molar-refractivity contribution >= 4 is 15.9 Å². The molecular formula is C7H10BrF. The molecule has 0 saturated heterocycles. The molecule has 2 rings (SSSR count). The molecule has 0 unspecified atom stereocenters. The van der Waals surface area contributed by atoms with E-state index in [1.54, 1.807) is 0 Å². The van der Waals surface area contributed by atoms with Crippen LogP contribution in [0.2, 0.25) is 0 Å². The molecule has 2 aliphatic carbocycles. The Balaban J connectivity index is 2.10. The van der Waals surface area contributed by atoms with Gasteiger partial charge in [-0.3, -0.25) is 0 Å². The Morgan fingerprint density at radius 1 is 1.11 bits per heavy atom. The van der Waals surface area contributed by atoms with Crippen molar-refractivity contribution in [3.63, 3.8) is 0 Å². The smallest absolute Gasteiger partial charge is 0.103 e. The zero-order valence-corrected chi connectivity index (χ0v) is 6.77. The summed E-state index contributed by atoms with van der Waals surface area (Å²) in [6.45, 7) is 0. The zero-order chi connectivity index (χ0) is 6.43. The Kier molecular flexibility index (Phi) is 1.33. The normalized spacial score (nSPS) is 56.7. The largest absolute Gasteiger partial charge is 0.247 e. The van der Waals surface area contributed by atoms with Gasteiger partial charge in [-0.2, -0.15) is 0 Å². The van der Waals surface area contributed by atoms with Gasteiger partial charge >= 0.3 is 0 Å². The summed E-state index contributed by atoms with van der Waals surface area (Å²) in [5.74, 6) is 1.06. The van der Waals surface area contributed by atoms with Gasteiger partial charge in [-0.25, -0.2) is 4.39 Å². The van der Waals surface area contributed by atoms with Gasteiger partial charge < -0.3 is 0 Å². The Labute approximate surface area is 63.0 Å². The Hall–Kier alpha value is 0.410. The molecule has 52 valence electrons. The van der Waals surface area contributed by atoms with Crippen molar-refractivity contribution in [3.05, 3.63) is 0 Å². The van der Waals surface area contributed by atoms with Crippen LogP contribution in [0.4, 0.5) is 4.39 Å². The Bertz CT molecular complexity index is 108. The molecule has 0 aliphatic heterocycles. The molecule has 0 heterocycles. The molecule has 2 aliphatic rings. The molecule has 0 aromatic carbocycles. The first-order chi connectivity index (χ1) is 4.27. The molecular weight excluding hydrogens is 183 g/mol. The number of hydrogen-bond acceptors (Lipinski definition) is 0. The van der Waals surface area contributed by atoms with Crippen molar-refractivity contribution in [1.82, 2.24) is 0 Å². The third-order valence-corrected chi connectivity index (χ3v) is 3.81. The summed E-state index contributed by atoms with van der Waals surface area (Å²) in [5.41, 5.74) is 0. The summed E-state index contributed by atoms with van der Waals surface area (Å²) in [7, 11) is 0. The zero-order valence-electron chi connectivity index (χ0n) is 5.19. The molecule has 2 heteroatoms. The van der Waals surface area contributed by atoms with E-state index in [9.17, 15) is 4.39 Å². The third kappa shape index (κ3) is 0.830. The lowest BCUT2D eigenvalue weighted by Gasteiger charge is -2.17. The standard InChI is InChI=1S/C7H10BrF/c8-6-2-5-1-4(6)3-7(5)9/h4-7H,1-3H2/t4-,5-,6+,7+/m1/s1. The molecule has 0 nitrogen and oxygen atoms in total. The average Bonchev–Trinajstić information content (AvgIpc) is 2.24. The summed E-state index contributed by atoms with van der Waals surface area (Å²) in [6.07, 6.45) is 2.56. The molecule has 0 aromatic rings. The molecule has 9 heavy (non-hydrogen) atoms. The van der Waals surface area contributed by atoms with Crippen LogP contribution in [0.5, 0.6) is 0 Å². The topological polar surface area (TPSA) is 0 Å². The van der Waals surface area contributed by atoms with Crippen LogP contribution in [0.25, 0.3) is 0 Å². The number of hydrogen-bond donors (Lipinski definition) is 0. The van der Waals surface area contributed by atoms with Crippen LogP contribution in [0, 0.1) is 11.8 Å². The highest BCUT2D eigenvalue weighted by atomic mass is 79.9. The fourth-order valence-electron chi connectivity index (χ4n) is 2.14. The Morgan fingerprint density at radius 3 is 2.22 bits per heavy atom. The molecule has 2 fully saturated rings. The average molecular weight is 193 g/mol. The van der Waals surface area contributed by atoms with Crippen LogP contribution in [0.15, 0.2) is 0 Å². The lowest BCUT2D eigenvalue weighted by molar-refractivity contribution is 0.235. The summed E-state index contributed by atoms with van der Waals surface area (Å²) >= 11 is 3.56. The maximum Gasteiger partial charge on any atom is 0.103 e. The van der Waals surface area contributed by atoms with Crippen LogP contribution < -0.4 is 0 Å². The number of alkyl halides is 2. The van der Waals surface area contributed by atoms with Crippen molar-refractivity contribution < 1.29 is 4.39 Å². The predicted octanol–water partition coefficient (Wildman–Crippen LogP) is 2.52. The first-order valence-electron chi connectivity index (χ1n) is 3.55. The molecule has 0 amide bonds. The van der Waals surface area contributed by atoms with E-state index >= 15 is 0 Å². The van der Waals surface area contributed by atoms with Crippen molar-refractivity contribution in [2.24, 2.45) is 11.8 Å².